The molecule has 0 saturated carbocycles. The highest BCUT2D eigenvalue weighted by Gasteiger charge is 2.53. The lowest BCUT2D eigenvalue weighted by Gasteiger charge is -2.28. The average molecular weight is 376 g/mol. The second-order valence-electron chi connectivity index (χ2n) is 6.40. The highest BCUT2D eigenvalue weighted by atomic mass is 16.6. The minimum Gasteiger partial charge on any atom is -0.445 e. The van der Waals surface area contributed by atoms with Crippen LogP contribution in [0.1, 0.15) is 23.6 Å². The van der Waals surface area contributed by atoms with Gasteiger partial charge >= 0.3 is 6.09 Å². The predicted octanol–water partition coefficient (Wildman–Crippen LogP) is 3.71. The van der Waals surface area contributed by atoms with E-state index in [0.29, 0.717) is 0 Å². The van der Waals surface area contributed by atoms with Crippen molar-refractivity contribution in [1.82, 2.24) is 4.90 Å². The molecular weight excluding hydrogens is 360 g/mol. The van der Waals surface area contributed by atoms with Gasteiger partial charge in [0, 0.05) is 12.6 Å². The van der Waals surface area contributed by atoms with Gasteiger partial charge in [0.05, 0.1) is 28.7 Å². The molecule has 0 spiro atoms. The number of carbonyl (C=O) groups excluding carboxylic acids is 1. The fourth-order valence-electron chi connectivity index (χ4n) is 3.41. The van der Waals surface area contributed by atoms with Crippen LogP contribution in [0.15, 0.2) is 54.6 Å². The van der Waals surface area contributed by atoms with Crippen molar-refractivity contribution >= 4 is 11.8 Å². The van der Waals surface area contributed by atoms with Gasteiger partial charge in [-0.2, -0.15) is 10.5 Å². The van der Waals surface area contributed by atoms with Crippen molar-refractivity contribution < 1.29 is 14.5 Å². The van der Waals surface area contributed by atoms with Crippen molar-refractivity contribution in [3.05, 3.63) is 75.8 Å². The quantitative estimate of drug-likeness (QED) is 0.592. The molecule has 1 aliphatic rings. The average Bonchev–Trinajstić information content (AvgIpc) is 3.12. The first-order chi connectivity index (χ1) is 13.5. The number of nitriles is 2. The molecule has 1 aliphatic heterocycles. The maximum Gasteiger partial charge on any atom is 0.410 e. The molecule has 2 aromatic carbocycles. The zero-order chi connectivity index (χ0) is 20.1. The lowest BCUT2D eigenvalue weighted by Crippen LogP contribution is -2.36. The summed E-state index contributed by atoms with van der Waals surface area (Å²) in [6, 6.07) is 17.7. The molecule has 0 radical (unpaired) electrons. The van der Waals surface area contributed by atoms with Crippen molar-refractivity contribution in [1.29, 1.82) is 10.5 Å². The predicted molar refractivity (Wildman–Crippen MR) is 97.4 cm³/mol. The molecule has 1 amide bonds. The SMILES string of the molecule is N#CC1(C#N)CCN(C(=O)OCc2ccccc2)C1c1ccccc1[N+](=O)[O-]. The van der Waals surface area contributed by atoms with E-state index in [1.165, 1.54) is 23.1 Å². The van der Waals surface area contributed by atoms with Crippen LogP contribution >= 0.6 is 0 Å². The van der Waals surface area contributed by atoms with Crippen molar-refractivity contribution in [2.75, 3.05) is 6.54 Å². The van der Waals surface area contributed by atoms with E-state index in [1.54, 1.807) is 18.2 Å². The monoisotopic (exact) mass is 376 g/mol. The van der Waals surface area contributed by atoms with Gasteiger partial charge in [-0.05, 0) is 18.1 Å². The summed E-state index contributed by atoms with van der Waals surface area (Å²) in [5.74, 6) is 0. The van der Waals surface area contributed by atoms with Gasteiger partial charge in [0.15, 0.2) is 5.41 Å². The molecule has 0 N–H and O–H groups in total. The summed E-state index contributed by atoms with van der Waals surface area (Å²) in [6.07, 6.45) is -0.642. The summed E-state index contributed by atoms with van der Waals surface area (Å²) in [4.78, 5) is 24.8. The fraction of sp³-hybridized carbons (Fsp3) is 0.250. The largest absolute Gasteiger partial charge is 0.445 e. The van der Waals surface area contributed by atoms with Gasteiger partial charge in [-0.15, -0.1) is 0 Å². The van der Waals surface area contributed by atoms with Gasteiger partial charge < -0.3 is 4.74 Å². The number of carbonyl (C=O) groups is 1. The maximum absolute atomic E-state index is 12.7. The Labute approximate surface area is 161 Å². The Kier molecular flexibility index (Phi) is 5.23. The number of ether oxygens (including phenoxy) is 1. The Morgan fingerprint density at radius 2 is 1.82 bits per heavy atom. The topological polar surface area (TPSA) is 120 Å². The first kappa shape index (κ1) is 18.9. The summed E-state index contributed by atoms with van der Waals surface area (Å²) in [6.45, 7) is 0.108. The molecule has 1 atom stereocenters. The van der Waals surface area contributed by atoms with E-state index in [9.17, 15) is 25.4 Å². The van der Waals surface area contributed by atoms with Crippen LogP contribution in [-0.4, -0.2) is 22.5 Å². The summed E-state index contributed by atoms with van der Waals surface area (Å²) >= 11 is 0. The third kappa shape index (κ3) is 3.36. The molecule has 0 aliphatic carbocycles. The Bertz CT molecular complexity index is 964. The van der Waals surface area contributed by atoms with E-state index < -0.39 is 22.5 Å². The summed E-state index contributed by atoms with van der Waals surface area (Å²) < 4.78 is 5.34. The third-order valence-corrected chi connectivity index (χ3v) is 4.79. The van der Waals surface area contributed by atoms with Crippen LogP contribution in [0, 0.1) is 38.2 Å². The lowest BCUT2D eigenvalue weighted by atomic mass is 9.79. The van der Waals surface area contributed by atoms with E-state index in [4.69, 9.17) is 4.74 Å². The zero-order valence-corrected chi connectivity index (χ0v) is 14.8. The first-order valence-electron chi connectivity index (χ1n) is 8.55. The van der Waals surface area contributed by atoms with Gasteiger partial charge in [0.2, 0.25) is 0 Å². The van der Waals surface area contributed by atoms with Crippen molar-refractivity contribution in [3.63, 3.8) is 0 Å². The van der Waals surface area contributed by atoms with Crippen LogP contribution in [0.5, 0.6) is 0 Å². The molecule has 140 valence electrons. The molecular formula is C20H16N4O4. The van der Waals surface area contributed by atoms with Crippen molar-refractivity contribution in [2.45, 2.75) is 19.1 Å². The fourth-order valence-corrected chi connectivity index (χ4v) is 3.41. The number of nitro benzene ring substituents is 1. The molecule has 1 unspecified atom stereocenters. The van der Waals surface area contributed by atoms with E-state index in [-0.39, 0.29) is 30.8 Å². The standard InChI is InChI=1S/C20H16N4O4/c21-13-20(14-22)10-11-23(19(25)28-12-15-6-2-1-3-7-15)18(20)16-8-4-5-9-17(16)24(26)27/h1-9,18H,10-12H2. The number of benzene rings is 2. The van der Waals surface area contributed by atoms with Gasteiger partial charge in [0.25, 0.3) is 5.69 Å². The minimum absolute atomic E-state index is 0.0197. The first-order valence-corrected chi connectivity index (χ1v) is 8.55. The molecule has 8 heteroatoms. The molecule has 2 aromatic rings. The lowest BCUT2D eigenvalue weighted by molar-refractivity contribution is -0.386. The molecule has 28 heavy (non-hydrogen) atoms. The second-order valence-corrected chi connectivity index (χ2v) is 6.40. The van der Waals surface area contributed by atoms with Crippen LogP contribution in [0.4, 0.5) is 10.5 Å². The highest BCUT2D eigenvalue weighted by Crippen LogP contribution is 2.49. The number of rotatable bonds is 4. The van der Waals surface area contributed by atoms with Crippen LogP contribution in [0.2, 0.25) is 0 Å². The Morgan fingerprint density at radius 3 is 2.46 bits per heavy atom. The maximum atomic E-state index is 12.7. The Morgan fingerprint density at radius 1 is 1.18 bits per heavy atom. The van der Waals surface area contributed by atoms with Crippen LogP contribution in [0.3, 0.4) is 0 Å². The molecule has 0 bridgehead atoms. The van der Waals surface area contributed by atoms with E-state index >= 15 is 0 Å². The normalized spacial score (nSPS) is 17.4. The van der Waals surface area contributed by atoms with Gasteiger partial charge in [-0.1, -0.05) is 42.5 Å². The van der Waals surface area contributed by atoms with Crippen LogP contribution in [0.25, 0.3) is 0 Å². The van der Waals surface area contributed by atoms with Crippen LogP contribution < -0.4 is 0 Å². The van der Waals surface area contributed by atoms with Crippen molar-refractivity contribution in [3.8, 4) is 12.1 Å². The number of amides is 1. The number of hydrogen-bond donors (Lipinski definition) is 0. The molecule has 8 nitrogen and oxygen atoms in total. The molecule has 1 fully saturated rings. The van der Waals surface area contributed by atoms with Crippen molar-refractivity contribution in [2.24, 2.45) is 5.41 Å². The highest BCUT2D eigenvalue weighted by molar-refractivity contribution is 5.70. The molecule has 0 aromatic heterocycles. The number of nitro groups is 1. The number of hydrogen-bond acceptors (Lipinski definition) is 6. The van der Waals surface area contributed by atoms with E-state index in [2.05, 4.69) is 0 Å². The Hall–Kier alpha value is -3.91. The summed E-state index contributed by atoms with van der Waals surface area (Å²) in [5, 5.41) is 30.8. The molecule has 1 saturated heterocycles. The third-order valence-electron chi connectivity index (χ3n) is 4.79. The van der Waals surface area contributed by atoms with Gasteiger partial charge in [0.1, 0.15) is 6.61 Å². The van der Waals surface area contributed by atoms with E-state index in [0.717, 1.165) is 5.56 Å². The molecule has 1 heterocycles. The minimum atomic E-state index is -1.59. The molecule has 3 rings (SSSR count). The van der Waals surface area contributed by atoms with Gasteiger partial charge in [-0.3, -0.25) is 15.0 Å². The van der Waals surface area contributed by atoms with E-state index in [1.807, 2.05) is 30.3 Å². The number of likely N-dealkylation sites (tertiary alicyclic amines) is 1. The van der Waals surface area contributed by atoms with Crippen LogP contribution in [-0.2, 0) is 11.3 Å². The summed E-state index contributed by atoms with van der Waals surface area (Å²) in [5.41, 5.74) is -0.906. The Balaban J connectivity index is 1.95. The zero-order valence-electron chi connectivity index (χ0n) is 14.8. The smallest absolute Gasteiger partial charge is 0.410 e. The van der Waals surface area contributed by atoms with Gasteiger partial charge in [-0.25, -0.2) is 4.79 Å². The number of nitrogens with zero attached hydrogens (tertiary/aromatic N) is 4. The summed E-state index contributed by atoms with van der Waals surface area (Å²) in [7, 11) is 0. The second kappa shape index (κ2) is 7.77. The number of para-hydroxylation sites is 1.